The van der Waals surface area contributed by atoms with Crippen molar-refractivity contribution >= 4 is 12.6 Å². The fourth-order valence-electron chi connectivity index (χ4n) is 4.96. The number of benzene rings is 1. The van der Waals surface area contributed by atoms with Crippen LogP contribution in [0.15, 0.2) is 18.2 Å². The first kappa shape index (κ1) is 19.3. The molecule has 0 aromatic heterocycles. The second-order valence-electron chi connectivity index (χ2n) is 9.52. The zero-order chi connectivity index (χ0) is 19.2. The molecule has 2 aliphatic heterocycles. The number of likely N-dealkylation sites (tertiary alicyclic amines) is 1. The van der Waals surface area contributed by atoms with Gasteiger partial charge in [-0.15, -0.1) is 0 Å². The number of hydrogen-bond acceptors (Lipinski definition) is 4. The Morgan fingerprint density at radius 3 is 2.48 bits per heavy atom. The van der Waals surface area contributed by atoms with Crippen molar-refractivity contribution in [2.45, 2.75) is 83.6 Å². The van der Waals surface area contributed by atoms with Crippen molar-refractivity contribution < 1.29 is 14.0 Å². The number of nitrogens with zero attached hydrogens (tertiary/aromatic N) is 1. The Kier molecular flexibility index (Phi) is 5.07. The molecule has 4 rings (SSSR count). The van der Waals surface area contributed by atoms with Crippen LogP contribution in [0.2, 0.25) is 0 Å². The van der Waals surface area contributed by atoms with E-state index in [1.54, 1.807) is 7.11 Å². The predicted molar refractivity (Wildman–Crippen MR) is 109 cm³/mol. The summed E-state index contributed by atoms with van der Waals surface area (Å²) in [6, 6.07) is 7.08. The Morgan fingerprint density at radius 1 is 1.07 bits per heavy atom. The lowest BCUT2D eigenvalue weighted by molar-refractivity contribution is 0.00578. The topological polar surface area (TPSA) is 30.9 Å². The molecule has 148 valence electrons. The normalized spacial score (nSPS) is 29.7. The molecule has 2 heterocycles. The van der Waals surface area contributed by atoms with Gasteiger partial charge in [0.1, 0.15) is 5.75 Å². The fourth-order valence-corrected chi connectivity index (χ4v) is 4.96. The SMILES string of the molecule is COc1ccc(B2OC(C)(C)C(C)(C)O2)c(CN2CCC3CCCCC32)c1. The standard InChI is InChI=1S/C22H34BNO3/c1-21(2)22(3,4)27-23(26-21)19-11-10-18(25-5)14-17(19)15-24-13-12-16-8-6-7-9-20(16)24/h10-11,14,16,20H,6-9,12-13,15H2,1-5H3. The van der Waals surface area contributed by atoms with Gasteiger partial charge in [0.05, 0.1) is 18.3 Å². The Labute approximate surface area is 164 Å². The largest absolute Gasteiger partial charge is 0.497 e. The van der Waals surface area contributed by atoms with Gasteiger partial charge in [0.2, 0.25) is 0 Å². The van der Waals surface area contributed by atoms with E-state index < -0.39 is 0 Å². The van der Waals surface area contributed by atoms with Gasteiger partial charge in [-0.1, -0.05) is 18.9 Å². The molecule has 27 heavy (non-hydrogen) atoms. The highest BCUT2D eigenvalue weighted by Gasteiger charge is 2.52. The minimum Gasteiger partial charge on any atom is -0.497 e. The van der Waals surface area contributed by atoms with E-state index in [-0.39, 0.29) is 18.3 Å². The van der Waals surface area contributed by atoms with Crippen LogP contribution in [0.1, 0.15) is 65.4 Å². The molecule has 5 heteroatoms. The average molecular weight is 371 g/mol. The molecule has 2 unspecified atom stereocenters. The molecule has 2 saturated heterocycles. The lowest BCUT2D eigenvalue weighted by atomic mass is 9.75. The van der Waals surface area contributed by atoms with Crippen LogP contribution in [0.4, 0.5) is 0 Å². The Hall–Kier alpha value is -1.04. The molecule has 0 spiro atoms. The zero-order valence-corrected chi connectivity index (χ0v) is 17.6. The zero-order valence-electron chi connectivity index (χ0n) is 17.6. The summed E-state index contributed by atoms with van der Waals surface area (Å²) in [5.41, 5.74) is 1.78. The summed E-state index contributed by atoms with van der Waals surface area (Å²) in [7, 11) is 1.42. The van der Waals surface area contributed by atoms with Gasteiger partial charge >= 0.3 is 7.12 Å². The van der Waals surface area contributed by atoms with E-state index in [9.17, 15) is 0 Å². The molecule has 3 aliphatic rings. The van der Waals surface area contributed by atoms with E-state index in [1.165, 1.54) is 44.2 Å². The van der Waals surface area contributed by atoms with Gasteiger partial charge < -0.3 is 14.0 Å². The van der Waals surface area contributed by atoms with Gasteiger partial charge in [-0.3, -0.25) is 4.90 Å². The molecule has 0 N–H and O–H groups in total. The van der Waals surface area contributed by atoms with Crippen LogP contribution in [-0.2, 0) is 15.9 Å². The van der Waals surface area contributed by atoms with Crippen molar-refractivity contribution in [1.29, 1.82) is 0 Å². The van der Waals surface area contributed by atoms with Crippen LogP contribution < -0.4 is 10.2 Å². The third-order valence-electron chi connectivity index (χ3n) is 7.36. The molecule has 0 radical (unpaired) electrons. The Balaban J connectivity index is 1.60. The summed E-state index contributed by atoms with van der Waals surface area (Å²) in [5.74, 6) is 1.80. The summed E-state index contributed by atoms with van der Waals surface area (Å²) in [6.45, 7) is 10.6. The van der Waals surface area contributed by atoms with Crippen LogP contribution in [0.25, 0.3) is 0 Å². The van der Waals surface area contributed by atoms with E-state index in [1.807, 2.05) is 6.07 Å². The summed E-state index contributed by atoms with van der Waals surface area (Å²) in [6.07, 6.45) is 6.89. The minimum absolute atomic E-state index is 0.319. The number of methoxy groups -OCH3 is 1. The Morgan fingerprint density at radius 2 is 1.78 bits per heavy atom. The van der Waals surface area contributed by atoms with E-state index in [2.05, 4.69) is 44.7 Å². The van der Waals surface area contributed by atoms with Crippen LogP contribution in [0.5, 0.6) is 5.75 Å². The smallest absolute Gasteiger partial charge is 0.495 e. The van der Waals surface area contributed by atoms with E-state index >= 15 is 0 Å². The fraction of sp³-hybridized carbons (Fsp3) is 0.727. The van der Waals surface area contributed by atoms with E-state index in [0.717, 1.165) is 29.7 Å². The molecule has 3 fully saturated rings. The van der Waals surface area contributed by atoms with Crippen LogP contribution in [-0.4, -0.2) is 42.9 Å². The highest BCUT2D eigenvalue weighted by Crippen LogP contribution is 2.39. The second-order valence-corrected chi connectivity index (χ2v) is 9.52. The summed E-state index contributed by atoms with van der Waals surface area (Å²) < 4.78 is 18.2. The van der Waals surface area contributed by atoms with Gasteiger partial charge in [0.25, 0.3) is 0 Å². The highest BCUT2D eigenvalue weighted by atomic mass is 16.7. The lowest BCUT2D eigenvalue weighted by Gasteiger charge is -2.32. The van der Waals surface area contributed by atoms with Crippen molar-refractivity contribution in [3.63, 3.8) is 0 Å². The average Bonchev–Trinajstić information content (AvgIpc) is 3.12. The summed E-state index contributed by atoms with van der Waals surface area (Å²) in [5, 5.41) is 0. The first-order valence-electron chi connectivity index (χ1n) is 10.6. The van der Waals surface area contributed by atoms with Gasteiger partial charge in [-0.05, 0) is 82.6 Å². The van der Waals surface area contributed by atoms with Crippen molar-refractivity contribution in [3.8, 4) is 5.75 Å². The van der Waals surface area contributed by atoms with Crippen molar-refractivity contribution in [3.05, 3.63) is 23.8 Å². The molecule has 4 nitrogen and oxygen atoms in total. The molecule has 1 aromatic carbocycles. The molecular weight excluding hydrogens is 337 g/mol. The van der Waals surface area contributed by atoms with Crippen LogP contribution >= 0.6 is 0 Å². The molecule has 0 amide bonds. The van der Waals surface area contributed by atoms with E-state index in [0.29, 0.717) is 0 Å². The second kappa shape index (κ2) is 7.09. The maximum Gasteiger partial charge on any atom is 0.495 e. The highest BCUT2D eigenvalue weighted by molar-refractivity contribution is 6.62. The quantitative estimate of drug-likeness (QED) is 0.755. The number of ether oxygens (including phenoxy) is 1. The third kappa shape index (κ3) is 3.54. The predicted octanol–water partition coefficient (Wildman–Crippen LogP) is 3.76. The van der Waals surface area contributed by atoms with Crippen molar-refractivity contribution in [2.24, 2.45) is 5.92 Å². The minimum atomic E-state index is -0.322. The number of hydrogen-bond donors (Lipinski definition) is 0. The van der Waals surface area contributed by atoms with Gasteiger partial charge in [0, 0.05) is 12.6 Å². The molecule has 1 aromatic rings. The van der Waals surface area contributed by atoms with E-state index in [4.69, 9.17) is 14.0 Å². The van der Waals surface area contributed by atoms with Crippen molar-refractivity contribution in [2.75, 3.05) is 13.7 Å². The molecule has 2 atom stereocenters. The third-order valence-corrected chi connectivity index (χ3v) is 7.36. The maximum absolute atomic E-state index is 6.35. The maximum atomic E-state index is 6.35. The molecular formula is C22H34BNO3. The Bertz CT molecular complexity index is 674. The van der Waals surface area contributed by atoms with Gasteiger partial charge in [0.15, 0.2) is 0 Å². The number of rotatable bonds is 4. The lowest BCUT2D eigenvalue weighted by Crippen LogP contribution is -2.41. The molecule has 1 saturated carbocycles. The van der Waals surface area contributed by atoms with Gasteiger partial charge in [-0.25, -0.2) is 0 Å². The summed E-state index contributed by atoms with van der Waals surface area (Å²) in [4.78, 5) is 2.69. The molecule has 1 aliphatic carbocycles. The van der Waals surface area contributed by atoms with Crippen LogP contribution in [0, 0.1) is 5.92 Å². The first-order valence-corrected chi connectivity index (χ1v) is 10.6. The van der Waals surface area contributed by atoms with Gasteiger partial charge in [-0.2, -0.15) is 0 Å². The monoisotopic (exact) mass is 371 g/mol. The van der Waals surface area contributed by atoms with Crippen LogP contribution in [0.3, 0.4) is 0 Å². The summed E-state index contributed by atoms with van der Waals surface area (Å²) >= 11 is 0. The molecule has 0 bridgehead atoms. The van der Waals surface area contributed by atoms with Crippen molar-refractivity contribution in [1.82, 2.24) is 4.90 Å². The first-order chi connectivity index (χ1) is 12.8. The number of fused-ring (bicyclic) bond motifs is 1.